The maximum Gasteiger partial charge on any atom is 0.309 e. The molecule has 1 saturated carbocycles. The maximum atomic E-state index is 11.8. The van der Waals surface area contributed by atoms with E-state index in [-0.39, 0.29) is 24.3 Å². The molecule has 0 heterocycles. The number of ketones is 1. The largest absolute Gasteiger partial charge is 0.457 e. The molecule has 2 rings (SSSR count). The summed E-state index contributed by atoms with van der Waals surface area (Å²) in [4.78, 5) is 23.6. The maximum absolute atomic E-state index is 11.8. The zero-order valence-corrected chi connectivity index (χ0v) is 11.5. The van der Waals surface area contributed by atoms with Gasteiger partial charge in [0.05, 0.1) is 5.92 Å². The summed E-state index contributed by atoms with van der Waals surface area (Å²) >= 11 is 5.75. The number of hydrogen-bond donors (Lipinski definition) is 0. The molecule has 1 aromatic carbocycles. The predicted molar refractivity (Wildman–Crippen MR) is 73.3 cm³/mol. The monoisotopic (exact) mass is 280 g/mol. The Morgan fingerprint density at radius 2 is 1.74 bits per heavy atom. The first-order chi connectivity index (χ1) is 9.16. The minimum absolute atomic E-state index is 0.0215. The van der Waals surface area contributed by atoms with Gasteiger partial charge in [-0.15, -0.1) is 0 Å². The molecule has 0 aliphatic heterocycles. The number of benzene rings is 1. The van der Waals surface area contributed by atoms with Crippen LogP contribution in [0.2, 0.25) is 5.02 Å². The predicted octanol–water partition coefficient (Wildman–Crippen LogP) is 3.65. The summed E-state index contributed by atoms with van der Waals surface area (Å²) in [6.45, 7) is -0.184. The van der Waals surface area contributed by atoms with Crippen molar-refractivity contribution in [1.29, 1.82) is 0 Å². The molecule has 3 nitrogen and oxygen atoms in total. The van der Waals surface area contributed by atoms with Gasteiger partial charge in [-0.1, -0.05) is 30.9 Å². The lowest BCUT2D eigenvalue weighted by Crippen LogP contribution is -2.23. The Balaban J connectivity index is 1.82. The van der Waals surface area contributed by atoms with Gasteiger partial charge in [0.2, 0.25) is 0 Å². The fourth-order valence-electron chi connectivity index (χ4n) is 2.31. The molecule has 0 amide bonds. The highest BCUT2D eigenvalue weighted by Gasteiger charge is 2.23. The standard InChI is InChI=1S/C15H17ClO3/c16-13-8-6-11(7-9-13)14(17)10-19-15(18)12-4-2-1-3-5-12/h6-9,12H,1-5,10H2. The third kappa shape index (κ3) is 4.06. The summed E-state index contributed by atoms with van der Waals surface area (Å²) in [7, 11) is 0. The van der Waals surface area contributed by atoms with Crippen molar-refractivity contribution in [3.8, 4) is 0 Å². The normalized spacial score (nSPS) is 16.1. The van der Waals surface area contributed by atoms with E-state index in [9.17, 15) is 9.59 Å². The lowest BCUT2D eigenvalue weighted by Gasteiger charge is -2.19. The van der Waals surface area contributed by atoms with Crippen LogP contribution < -0.4 is 0 Å². The summed E-state index contributed by atoms with van der Waals surface area (Å²) in [5, 5.41) is 0.579. The van der Waals surface area contributed by atoms with E-state index >= 15 is 0 Å². The first-order valence-electron chi connectivity index (χ1n) is 6.62. The van der Waals surface area contributed by atoms with Crippen molar-refractivity contribution >= 4 is 23.4 Å². The molecule has 0 atom stereocenters. The van der Waals surface area contributed by atoms with Crippen molar-refractivity contribution in [2.75, 3.05) is 6.61 Å². The summed E-state index contributed by atoms with van der Waals surface area (Å²) in [6, 6.07) is 6.58. The second-order valence-electron chi connectivity index (χ2n) is 4.87. The number of carbonyl (C=O) groups excluding carboxylic acids is 2. The average molecular weight is 281 g/mol. The van der Waals surface area contributed by atoms with Crippen LogP contribution in [0.3, 0.4) is 0 Å². The minimum Gasteiger partial charge on any atom is -0.457 e. The van der Waals surface area contributed by atoms with Crippen molar-refractivity contribution in [1.82, 2.24) is 0 Å². The van der Waals surface area contributed by atoms with Crippen LogP contribution in [-0.4, -0.2) is 18.4 Å². The third-order valence-corrected chi connectivity index (χ3v) is 3.70. The highest BCUT2D eigenvalue weighted by molar-refractivity contribution is 6.30. The van der Waals surface area contributed by atoms with Crippen LogP contribution >= 0.6 is 11.6 Å². The molecule has 0 bridgehead atoms. The van der Waals surface area contributed by atoms with Crippen molar-refractivity contribution in [3.05, 3.63) is 34.9 Å². The van der Waals surface area contributed by atoms with Crippen molar-refractivity contribution in [2.45, 2.75) is 32.1 Å². The van der Waals surface area contributed by atoms with Crippen LogP contribution in [0.25, 0.3) is 0 Å². The smallest absolute Gasteiger partial charge is 0.309 e. The molecule has 1 aliphatic carbocycles. The Hall–Kier alpha value is -1.35. The number of Topliss-reactive ketones (excluding diaryl/α,β-unsaturated/α-hetero) is 1. The molecule has 0 radical (unpaired) electrons. The Labute approximate surface area is 117 Å². The highest BCUT2D eigenvalue weighted by Crippen LogP contribution is 2.24. The van der Waals surface area contributed by atoms with Crippen LogP contribution in [0.4, 0.5) is 0 Å². The number of rotatable bonds is 4. The third-order valence-electron chi connectivity index (χ3n) is 3.45. The zero-order chi connectivity index (χ0) is 13.7. The van der Waals surface area contributed by atoms with Gasteiger partial charge in [0.15, 0.2) is 12.4 Å². The van der Waals surface area contributed by atoms with E-state index in [2.05, 4.69) is 0 Å². The van der Waals surface area contributed by atoms with E-state index in [0.717, 1.165) is 25.7 Å². The van der Waals surface area contributed by atoms with Crippen molar-refractivity contribution in [2.24, 2.45) is 5.92 Å². The summed E-state index contributed by atoms with van der Waals surface area (Å²) in [5.74, 6) is -0.449. The van der Waals surface area contributed by atoms with Crippen LogP contribution in [0, 0.1) is 5.92 Å². The Morgan fingerprint density at radius 1 is 1.11 bits per heavy atom. The summed E-state index contributed by atoms with van der Waals surface area (Å²) in [6.07, 6.45) is 5.10. The molecule has 0 spiro atoms. The van der Waals surface area contributed by atoms with Gasteiger partial charge in [-0.2, -0.15) is 0 Å². The molecule has 1 aliphatic rings. The average Bonchev–Trinajstić information content (AvgIpc) is 2.46. The number of ether oxygens (including phenoxy) is 1. The molecule has 0 N–H and O–H groups in total. The van der Waals surface area contributed by atoms with E-state index in [0.29, 0.717) is 10.6 Å². The van der Waals surface area contributed by atoms with E-state index in [1.165, 1.54) is 6.42 Å². The molecule has 1 fully saturated rings. The van der Waals surface area contributed by atoms with Gasteiger partial charge in [-0.05, 0) is 37.1 Å². The Kier molecular flexibility index (Phi) is 4.97. The van der Waals surface area contributed by atoms with Crippen molar-refractivity contribution in [3.63, 3.8) is 0 Å². The number of hydrogen-bond acceptors (Lipinski definition) is 3. The first-order valence-corrected chi connectivity index (χ1v) is 7.00. The lowest BCUT2D eigenvalue weighted by atomic mass is 9.89. The lowest BCUT2D eigenvalue weighted by molar-refractivity contribution is -0.148. The Morgan fingerprint density at radius 3 is 2.37 bits per heavy atom. The second-order valence-corrected chi connectivity index (χ2v) is 5.31. The van der Waals surface area contributed by atoms with Gasteiger partial charge in [0.1, 0.15) is 0 Å². The topological polar surface area (TPSA) is 43.4 Å². The number of halogens is 1. The fraction of sp³-hybridized carbons (Fsp3) is 0.467. The minimum atomic E-state index is -0.234. The Bertz CT molecular complexity index is 447. The molecular formula is C15H17ClO3. The van der Waals surface area contributed by atoms with Gasteiger partial charge in [0.25, 0.3) is 0 Å². The quantitative estimate of drug-likeness (QED) is 0.625. The molecule has 1 aromatic rings. The van der Waals surface area contributed by atoms with E-state index in [1.807, 2.05) is 0 Å². The molecule has 4 heteroatoms. The second kappa shape index (κ2) is 6.71. The van der Waals surface area contributed by atoms with Crippen LogP contribution in [0.5, 0.6) is 0 Å². The molecule has 0 saturated heterocycles. The number of carbonyl (C=O) groups is 2. The summed E-state index contributed by atoms with van der Waals surface area (Å²) < 4.78 is 5.11. The summed E-state index contributed by atoms with van der Waals surface area (Å²) in [5.41, 5.74) is 0.515. The number of esters is 1. The van der Waals surface area contributed by atoms with Gasteiger partial charge >= 0.3 is 5.97 Å². The van der Waals surface area contributed by atoms with Gasteiger partial charge in [-0.3, -0.25) is 9.59 Å². The van der Waals surface area contributed by atoms with Crippen LogP contribution in [0.15, 0.2) is 24.3 Å². The molecule has 0 aromatic heterocycles. The SMILES string of the molecule is O=C(COC(=O)C1CCCCC1)c1ccc(Cl)cc1. The molecule has 102 valence electrons. The van der Waals surface area contributed by atoms with E-state index in [1.54, 1.807) is 24.3 Å². The van der Waals surface area contributed by atoms with Crippen molar-refractivity contribution < 1.29 is 14.3 Å². The fourth-order valence-corrected chi connectivity index (χ4v) is 2.44. The molecule has 0 unspecified atom stereocenters. The van der Waals surface area contributed by atoms with Gasteiger partial charge in [-0.25, -0.2) is 0 Å². The van der Waals surface area contributed by atoms with Gasteiger partial charge < -0.3 is 4.74 Å². The molecule has 19 heavy (non-hydrogen) atoms. The van der Waals surface area contributed by atoms with Gasteiger partial charge in [0, 0.05) is 10.6 Å². The first kappa shape index (κ1) is 14.1. The van der Waals surface area contributed by atoms with E-state index in [4.69, 9.17) is 16.3 Å². The highest BCUT2D eigenvalue weighted by atomic mass is 35.5. The van der Waals surface area contributed by atoms with Crippen LogP contribution in [0.1, 0.15) is 42.5 Å². The van der Waals surface area contributed by atoms with Crippen LogP contribution in [-0.2, 0) is 9.53 Å². The zero-order valence-electron chi connectivity index (χ0n) is 10.7. The molecular weight excluding hydrogens is 264 g/mol. The van der Waals surface area contributed by atoms with E-state index < -0.39 is 0 Å².